The fraction of sp³-hybridized carbons (Fsp3) is 0.833. The largest absolute Gasteiger partial charge is 0.457 e. The van der Waals surface area contributed by atoms with Crippen molar-refractivity contribution in [3.63, 3.8) is 0 Å². The molecule has 8 heteroatoms. The molecule has 8 nitrogen and oxygen atoms in total. The van der Waals surface area contributed by atoms with Gasteiger partial charge in [-0.3, -0.25) is 9.59 Å². The molecule has 1 aliphatic heterocycles. The maximum absolute atomic E-state index is 11.2. The summed E-state index contributed by atoms with van der Waals surface area (Å²) in [5, 5.41) is 9.89. The molecule has 0 bridgehead atoms. The maximum Gasteiger partial charge on any atom is 0.303 e. The van der Waals surface area contributed by atoms with Gasteiger partial charge in [0, 0.05) is 28.1 Å². The highest BCUT2D eigenvalue weighted by Crippen LogP contribution is 2.27. The minimum Gasteiger partial charge on any atom is -0.457 e. The molecular weight excluding hydrogens is 272 g/mol. The molecule has 0 aromatic rings. The van der Waals surface area contributed by atoms with Crippen molar-refractivity contribution in [1.82, 2.24) is 0 Å². The SMILES string of the molecule is COC[C@H]1O[C@@H](O)[C@H](OC(C)=O)[C@@H](OC)[C@@H]1OC(C)=O. The average molecular weight is 292 g/mol. The summed E-state index contributed by atoms with van der Waals surface area (Å²) in [5.74, 6) is -1.15. The molecule has 0 unspecified atom stereocenters. The number of carbonyl (C=O) groups is 2. The van der Waals surface area contributed by atoms with Gasteiger partial charge in [-0.25, -0.2) is 0 Å². The van der Waals surface area contributed by atoms with Crippen LogP contribution in [0.5, 0.6) is 0 Å². The van der Waals surface area contributed by atoms with Crippen LogP contribution in [0.25, 0.3) is 0 Å². The Balaban J connectivity index is 2.96. The minimum absolute atomic E-state index is 0.0850. The van der Waals surface area contributed by atoms with E-state index in [9.17, 15) is 14.7 Å². The Hall–Kier alpha value is -1.22. The third-order valence-electron chi connectivity index (χ3n) is 2.82. The molecule has 0 spiro atoms. The molecule has 0 aliphatic carbocycles. The van der Waals surface area contributed by atoms with Crippen molar-refractivity contribution in [2.45, 2.75) is 44.6 Å². The Morgan fingerprint density at radius 1 is 1.05 bits per heavy atom. The Kier molecular flexibility index (Phi) is 6.34. The van der Waals surface area contributed by atoms with Gasteiger partial charge in [-0.2, -0.15) is 0 Å². The first kappa shape index (κ1) is 16.8. The third-order valence-corrected chi connectivity index (χ3v) is 2.82. The summed E-state index contributed by atoms with van der Waals surface area (Å²) in [6, 6.07) is 0. The molecule has 1 aliphatic rings. The van der Waals surface area contributed by atoms with E-state index in [1.54, 1.807) is 0 Å². The van der Waals surface area contributed by atoms with Crippen LogP contribution in [0.1, 0.15) is 13.8 Å². The predicted octanol–water partition coefficient (Wildman–Crippen LogP) is -0.772. The highest BCUT2D eigenvalue weighted by atomic mass is 16.7. The fourth-order valence-electron chi connectivity index (χ4n) is 2.11. The zero-order valence-corrected chi connectivity index (χ0v) is 11.9. The first-order valence-electron chi connectivity index (χ1n) is 6.10. The molecule has 1 fully saturated rings. The number of hydrogen-bond acceptors (Lipinski definition) is 8. The van der Waals surface area contributed by atoms with Crippen LogP contribution in [0.4, 0.5) is 0 Å². The lowest BCUT2D eigenvalue weighted by molar-refractivity contribution is -0.297. The van der Waals surface area contributed by atoms with Crippen molar-refractivity contribution in [3.05, 3.63) is 0 Å². The standard InChI is InChI=1S/C12H20O8/c1-6(13)18-9-8(5-16-3)20-12(15)11(10(9)17-4)19-7(2)14/h8-12,15H,5H2,1-4H3/t8-,9-,10+,11-,12-/m1/s1. The van der Waals surface area contributed by atoms with Crippen LogP contribution >= 0.6 is 0 Å². The summed E-state index contributed by atoms with van der Waals surface area (Å²) in [5.41, 5.74) is 0. The van der Waals surface area contributed by atoms with Gasteiger partial charge < -0.3 is 28.8 Å². The van der Waals surface area contributed by atoms with Crippen LogP contribution in [0, 0.1) is 0 Å². The molecular formula is C12H20O8. The average Bonchev–Trinajstić information content (AvgIpc) is 2.34. The van der Waals surface area contributed by atoms with E-state index >= 15 is 0 Å². The normalized spacial score (nSPS) is 33.5. The molecule has 116 valence electrons. The van der Waals surface area contributed by atoms with E-state index in [1.165, 1.54) is 28.1 Å². The van der Waals surface area contributed by atoms with Crippen LogP contribution < -0.4 is 0 Å². The lowest BCUT2D eigenvalue weighted by Gasteiger charge is -2.42. The van der Waals surface area contributed by atoms with Crippen molar-refractivity contribution < 1.29 is 38.4 Å². The number of carbonyl (C=O) groups excluding carboxylic acids is 2. The number of rotatable bonds is 5. The molecule has 1 heterocycles. The molecule has 0 radical (unpaired) electrons. The van der Waals surface area contributed by atoms with Gasteiger partial charge in [-0.05, 0) is 0 Å². The van der Waals surface area contributed by atoms with E-state index in [4.69, 9.17) is 23.7 Å². The number of esters is 2. The number of aliphatic hydroxyl groups excluding tert-OH is 1. The van der Waals surface area contributed by atoms with Crippen molar-refractivity contribution in [3.8, 4) is 0 Å². The lowest BCUT2D eigenvalue weighted by Crippen LogP contribution is -2.61. The second-order valence-electron chi connectivity index (χ2n) is 4.37. The predicted molar refractivity (Wildman–Crippen MR) is 64.7 cm³/mol. The van der Waals surface area contributed by atoms with Gasteiger partial charge in [0.15, 0.2) is 18.5 Å². The lowest BCUT2D eigenvalue weighted by atomic mass is 9.98. The number of aliphatic hydroxyl groups is 1. The molecule has 0 amide bonds. The zero-order chi connectivity index (χ0) is 15.3. The Bertz CT molecular complexity index is 344. The minimum atomic E-state index is -1.39. The maximum atomic E-state index is 11.2. The van der Waals surface area contributed by atoms with Crippen LogP contribution in [-0.2, 0) is 33.3 Å². The molecule has 20 heavy (non-hydrogen) atoms. The zero-order valence-electron chi connectivity index (χ0n) is 11.9. The number of hydrogen-bond donors (Lipinski definition) is 1. The molecule has 5 atom stereocenters. The van der Waals surface area contributed by atoms with Gasteiger partial charge in [-0.15, -0.1) is 0 Å². The molecule has 0 saturated carbocycles. The molecule has 0 aromatic carbocycles. The molecule has 1 saturated heterocycles. The first-order valence-corrected chi connectivity index (χ1v) is 6.10. The summed E-state index contributed by atoms with van der Waals surface area (Å²) in [4.78, 5) is 22.3. The fourth-order valence-corrected chi connectivity index (χ4v) is 2.11. The van der Waals surface area contributed by atoms with E-state index in [-0.39, 0.29) is 6.61 Å². The topological polar surface area (TPSA) is 101 Å². The summed E-state index contributed by atoms with van der Waals surface area (Å²) >= 11 is 0. The van der Waals surface area contributed by atoms with Crippen LogP contribution in [0.2, 0.25) is 0 Å². The van der Waals surface area contributed by atoms with E-state index in [1.807, 2.05) is 0 Å². The first-order chi connectivity index (χ1) is 9.40. The van der Waals surface area contributed by atoms with Gasteiger partial charge in [0.25, 0.3) is 0 Å². The Labute approximate surface area is 116 Å². The van der Waals surface area contributed by atoms with Gasteiger partial charge in [-0.1, -0.05) is 0 Å². The van der Waals surface area contributed by atoms with Gasteiger partial charge in [0.2, 0.25) is 0 Å². The Morgan fingerprint density at radius 3 is 2.05 bits per heavy atom. The summed E-state index contributed by atoms with van der Waals surface area (Å²) in [7, 11) is 2.81. The smallest absolute Gasteiger partial charge is 0.303 e. The molecule has 1 N–H and O–H groups in total. The van der Waals surface area contributed by atoms with Crippen molar-refractivity contribution >= 4 is 11.9 Å². The van der Waals surface area contributed by atoms with E-state index in [0.29, 0.717) is 0 Å². The quantitative estimate of drug-likeness (QED) is 0.659. The molecule has 1 rings (SSSR count). The van der Waals surface area contributed by atoms with Gasteiger partial charge in [0.1, 0.15) is 12.2 Å². The second-order valence-corrected chi connectivity index (χ2v) is 4.37. The van der Waals surface area contributed by atoms with Crippen LogP contribution in [0.15, 0.2) is 0 Å². The highest BCUT2D eigenvalue weighted by molar-refractivity contribution is 5.67. The molecule has 0 aromatic heterocycles. The van der Waals surface area contributed by atoms with Crippen molar-refractivity contribution in [1.29, 1.82) is 0 Å². The Morgan fingerprint density at radius 2 is 1.60 bits per heavy atom. The van der Waals surface area contributed by atoms with Gasteiger partial charge >= 0.3 is 11.9 Å². The summed E-state index contributed by atoms with van der Waals surface area (Å²) < 4.78 is 25.6. The van der Waals surface area contributed by atoms with Crippen molar-refractivity contribution in [2.24, 2.45) is 0 Å². The summed E-state index contributed by atoms with van der Waals surface area (Å²) in [6.07, 6.45) is -4.92. The third kappa shape index (κ3) is 4.14. The second kappa shape index (κ2) is 7.53. The van der Waals surface area contributed by atoms with Gasteiger partial charge in [0.05, 0.1) is 6.61 Å². The monoisotopic (exact) mass is 292 g/mol. The van der Waals surface area contributed by atoms with Crippen LogP contribution in [-0.4, -0.2) is 68.6 Å². The summed E-state index contributed by atoms with van der Waals surface area (Å²) in [6.45, 7) is 2.52. The number of ether oxygens (including phenoxy) is 5. The van der Waals surface area contributed by atoms with E-state index < -0.39 is 42.6 Å². The highest BCUT2D eigenvalue weighted by Gasteiger charge is 2.49. The van der Waals surface area contributed by atoms with E-state index in [2.05, 4.69) is 0 Å². The van der Waals surface area contributed by atoms with E-state index in [0.717, 1.165) is 0 Å². The van der Waals surface area contributed by atoms with Crippen molar-refractivity contribution in [2.75, 3.05) is 20.8 Å². The number of methoxy groups -OCH3 is 2. The van der Waals surface area contributed by atoms with Crippen LogP contribution in [0.3, 0.4) is 0 Å².